The molecule has 3 fully saturated rings. The number of carbonyl (C=O) groups is 3. The van der Waals surface area contributed by atoms with Crippen LogP contribution < -0.4 is 33.2 Å². The quantitative estimate of drug-likeness (QED) is 0.0490. The van der Waals surface area contributed by atoms with Crippen LogP contribution in [0, 0.1) is 61.0 Å². The predicted octanol–water partition coefficient (Wildman–Crippen LogP) is 15.8. The molecule has 21 nitrogen and oxygen atoms in total. The van der Waals surface area contributed by atoms with Gasteiger partial charge in [-0.05, 0) is 155 Å². The summed E-state index contributed by atoms with van der Waals surface area (Å²) in [4.78, 5) is 76.1. The van der Waals surface area contributed by atoms with Gasteiger partial charge >= 0.3 is 24.7 Å². The summed E-state index contributed by atoms with van der Waals surface area (Å²) in [6.07, 6.45) is -8.70. The average Bonchev–Trinajstić information content (AvgIpc) is 0.793. The van der Waals surface area contributed by atoms with Crippen molar-refractivity contribution in [3.05, 3.63) is 283 Å². The van der Waals surface area contributed by atoms with E-state index in [2.05, 4.69) is 96.1 Å². The number of alkyl halides is 12. The number of nitrogen functional groups attached to an aromatic ring is 3. The Labute approximate surface area is 725 Å². The summed E-state index contributed by atoms with van der Waals surface area (Å²) in [6.45, 7) is 12.5. The standard InChI is InChI=1S/C32H28F6N6O.C31H28F4N6O.C30H26F4N6O/c1-19-20(5-8-26-27-14-24(31(33,34)35)6-3-21(27)16-41-29(26)39)13-23(17-40-19)30(45)42-25-7-4-22(28(15-25)32(36,37)38)18-44-11-9-43(2)10-12-44;1-19-20(5-8-26-27-14-24(32)6-3-21(27)16-38-29(26)36)13-23(17-37-19)30(42)39-25-7-4-22(28(15-25)31(33,34)35)18-41-11-9-40(2)10-12-41;1-39-8-10-40(11-9-39)18-21-4-6-24(14-27(21)30(32,33)34)38-29(41)22-12-19(15-36-16-22)2-7-25-26-13-23(31)5-3-20(26)17-37-28(25)35/h3-4,6-7,13-17H,9-12,18H2,1-2H3,(H2,39,41)(H,42,45);3-4,6-7,13-17H,9-12,18H2,1-2H3,(H2,36,38)(H,39,42);3-6,12-17H,8-11,18H2,1H3,(H2,35,37)(H,38,41). The molecule has 9 heterocycles. The van der Waals surface area contributed by atoms with Crippen LogP contribution in [0.4, 0.5) is 96.0 Å². The molecule has 0 saturated carbocycles. The topological polar surface area (TPSA) is 262 Å². The zero-order valence-electron chi connectivity index (χ0n) is 69.4. The van der Waals surface area contributed by atoms with Gasteiger partial charge in [-0.25, -0.2) is 23.7 Å². The lowest BCUT2D eigenvalue weighted by Crippen LogP contribution is -2.44. The maximum Gasteiger partial charge on any atom is 0.416 e. The highest BCUT2D eigenvalue weighted by molar-refractivity contribution is 6.06. The average molecular weight is 1770 g/mol. The summed E-state index contributed by atoms with van der Waals surface area (Å²) in [5.41, 5.74) is 18.0. The third-order valence-electron chi connectivity index (χ3n) is 21.7. The van der Waals surface area contributed by atoms with Gasteiger partial charge in [-0.15, -0.1) is 0 Å². The number of halogens is 14. The van der Waals surface area contributed by atoms with Crippen molar-refractivity contribution in [1.29, 1.82) is 0 Å². The van der Waals surface area contributed by atoms with Gasteiger partial charge in [0.15, 0.2) is 0 Å². The van der Waals surface area contributed by atoms with Crippen molar-refractivity contribution in [3.8, 4) is 35.5 Å². The molecule has 15 rings (SSSR count). The van der Waals surface area contributed by atoms with Gasteiger partial charge in [-0.3, -0.25) is 44.0 Å². The van der Waals surface area contributed by atoms with Crippen molar-refractivity contribution >= 4 is 84.6 Å². The molecule has 660 valence electrons. The van der Waals surface area contributed by atoms with Crippen molar-refractivity contribution in [3.63, 3.8) is 0 Å². The number of rotatable bonds is 12. The molecule has 0 bridgehead atoms. The van der Waals surface area contributed by atoms with E-state index in [-0.39, 0.29) is 104 Å². The van der Waals surface area contributed by atoms with E-state index in [1.807, 2.05) is 35.8 Å². The van der Waals surface area contributed by atoms with Crippen LogP contribution in [0.5, 0.6) is 0 Å². The minimum Gasteiger partial charge on any atom is -0.383 e. The van der Waals surface area contributed by atoms with E-state index in [0.717, 1.165) is 69.6 Å². The molecule has 6 aromatic carbocycles. The Balaban J connectivity index is 0.000000164. The SMILES string of the molecule is CN1CCN(Cc2ccc(NC(=O)c3cncc(C#Cc4c(N)ncc5ccc(F)cc45)c3)cc2C(F)(F)F)CC1.Cc1ncc(C(=O)Nc2ccc(CN3CCN(C)CC3)c(C(F)(F)F)c2)cc1C#Cc1c(N)ncc2ccc(C(F)(F)F)cc12.Cc1ncc(C(=O)Nc2ccc(CN3CCN(C)CC3)c(C(F)(F)F)c2)cc1C#Cc1c(N)ncc2ccc(F)cc12. The molecule has 6 aromatic heterocycles. The van der Waals surface area contributed by atoms with Crippen LogP contribution in [0.25, 0.3) is 32.3 Å². The minimum absolute atomic E-state index is 0.0116. The number of nitrogens with zero attached hydrogens (tertiary/aromatic N) is 12. The zero-order chi connectivity index (χ0) is 91.7. The lowest BCUT2D eigenvalue weighted by Gasteiger charge is -2.33. The van der Waals surface area contributed by atoms with Crippen LogP contribution in [0.1, 0.15) is 115 Å². The molecule has 35 heteroatoms. The number of fused-ring (bicyclic) bond motifs is 3. The van der Waals surface area contributed by atoms with E-state index in [9.17, 15) is 75.8 Å². The predicted molar refractivity (Wildman–Crippen MR) is 460 cm³/mol. The molecule has 0 atom stereocenters. The van der Waals surface area contributed by atoms with Crippen LogP contribution in [0.2, 0.25) is 0 Å². The van der Waals surface area contributed by atoms with E-state index >= 15 is 0 Å². The largest absolute Gasteiger partial charge is 0.416 e. The zero-order valence-corrected chi connectivity index (χ0v) is 69.4. The summed E-state index contributed by atoms with van der Waals surface area (Å²) < 4.78 is 193. The van der Waals surface area contributed by atoms with Crippen molar-refractivity contribution in [2.75, 3.05) is 133 Å². The molecule has 0 aliphatic carbocycles. The van der Waals surface area contributed by atoms with E-state index in [1.54, 1.807) is 26.0 Å². The second-order valence-corrected chi connectivity index (χ2v) is 31.0. The number of aryl methyl sites for hydroxylation is 2. The van der Waals surface area contributed by atoms with E-state index in [4.69, 9.17) is 17.2 Å². The van der Waals surface area contributed by atoms with Crippen molar-refractivity contribution in [2.45, 2.75) is 58.2 Å². The smallest absolute Gasteiger partial charge is 0.383 e. The van der Waals surface area contributed by atoms with Gasteiger partial charge in [0.05, 0.1) is 67.0 Å². The highest BCUT2D eigenvalue weighted by Crippen LogP contribution is 2.40. The van der Waals surface area contributed by atoms with Crippen molar-refractivity contribution in [2.24, 2.45) is 0 Å². The highest BCUT2D eigenvalue weighted by atomic mass is 19.4. The number of nitrogens with one attached hydrogen (secondary N) is 3. The number of carbonyl (C=O) groups excluding carboxylic acids is 3. The number of aromatic nitrogens is 6. The molecular weight excluding hydrogens is 1680 g/mol. The van der Waals surface area contributed by atoms with Gasteiger partial charge in [0.1, 0.15) is 29.1 Å². The first-order valence-electron chi connectivity index (χ1n) is 39.9. The number of pyridine rings is 6. The first-order chi connectivity index (χ1) is 60.7. The molecule has 0 unspecified atom stereocenters. The number of benzene rings is 6. The minimum atomic E-state index is -4.63. The van der Waals surface area contributed by atoms with Crippen molar-refractivity contribution < 1.29 is 75.8 Å². The Morgan fingerprint density at radius 2 is 0.688 bits per heavy atom. The van der Waals surface area contributed by atoms with E-state index in [1.165, 1.54) is 128 Å². The van der Waals surface area contributed by atoms with Crippen LogP contribution in [-0.2, 0) is 44.3 Å². The Kier molecular flexibility index (Phi) is 28.0. The van der Waals surface area contributed by atoms with Crippen LogP contribution in [-0.4, -0.2) is 177 Å². The number of hydrogen-bond acceptors (Lipinski definition) is 18. The number of anilines is 6. The summed E-state index contributed by atoms with van der Waals surface area (Å²) in [7, 11) is 5.92. The molecular formula is C93H82F14N18O3. The van der Waals surface area contributed by atoms with E-state index < -0.39 is 76.3 Å². The number of nitrogens with two attached hydrogens (primary N) is 3. The van der Waals surface area contributed by atoms with Gasteiger partial charge in [0.2, 0.25) is 0 Å². The Bertz CT molecular complexity index is 6410. The Morgan fingerprint density at radius 3 is 1.03 bits per heavy atom. The Hall–Kier alpha value is -13.7. The van der Waals surface area contributed by atoms with E-state index in [0.29, 0.717) is 99.8 Å². The molecule has 0 spiro atoms. The second-order valence-electron chi connectivity index (χ2n) is 31.0. The summed E-state index contributed by atoms with van der Waals surface area (Å²) in [5, 5.41) is 10.4. The van der Waals surface area contributed by atoms with Gasteiger partial charge < -0.3 is 47.9 Å². The van der Waals surface area contributed by atoms with Crippen LogP contribution in [0.3, 0.4) is 0 Å². The lowest BCUT2D eigenvalue weighted by atomic mass is 10.0. The molecule has 0 radical (unpaired) electrons. The number of hydrogen-bond donors (Lipinski definition) is 6. The summed E-state index contributed by atoms with van der Waals surface area (Å²) in [5.74, 6) is 14.4. The third-order valence-corrected chi connectivity index (χ3v) is 21.7. The van der Waals surface area contributed by atoms with Crippen LogP contribution in [0.15, 0.2) is 171 Å². The van der Waals surface area contributed by atoms with Gasteiger partial charge in [0.25, 0.3) is 17.7 Å². The lowest BCUT2D eigenvalue weighted by molar-refractivity contribution is -0.139. The molecule has 12 aromatic rings. The summed E-state index contributed by atoms with van der Waals surface area (Å²) in [6, 6.07) is 27.3. The fraction of sp³-hybridized carbons (Fsp3) is 0.258. The summed E-state index contributed by atoms with van der Waals surface area (Å²) >= 11 is 0. The first-order valence-corrected chi connectivity index (χ1v) is 39.9. The molecule has 3 aliphatic rings. The molecule has 128 heavy (non-hydrogen) atoms. The molecule has 3 saturated heterocycles. The molecule has 3 amide bonds. The van der Waals surface area contributed by atoms with Crippen LogP contribution >= 0.6 is 0 Å². The Morgan fingerprint density at radius 1 is 0.359 bits per heavy atom. The van der Waals surface area contributed by atoms with Gasteiger partial charge in [0, 0.05) is 208 Å². The van der Waals surface area contributed by atoms with Gasteiger partial charge in [-0.2, -0.15) is 52.7 Å². The van der Waals surface area contributed by atoms with Gasteiger partial charge in [-0.1, -0.05) is 59.8 Å². The number of amides is 3. The molecule has 3 aliphatic heterocycles. The maximum atomic E-state index is 14.0. The highest BCUT2D eigenvalue weighted by Gasteiger charge is 2.38. The monoisotopic (exact) mass is 1760 g/mol. The maximum absolute atomic E-state index is 14.0. The second kappa shape index (κ2) is 39.0. The molecule has 9 N–H and O–H groups in total. The third kappa shape index (κ3) is 23.3. The number of likely N-dealkylation sites (N-methyl/N-ethyl adjacent to an activating group) is 3. The normalized spacial score (nSPS) is 14.5. The number of piperazine rings is 3. The fourth-order valence-corrected chi connectivity index (χ4v) is 14.3. The fourth-order valence-electron chi connectivity index (χ4n) is 14.3. The first kappa shape index (κ1) is 92.0. The van der Waals surface area contributed by atoms with Crippen molar-refractivity contribution in [1.82, 2.24) is 59.3 Å².